The SMILES string of the molecule is CNc1nc(-c2ncc(C)cn2)nc2sc(C)cc12. The first-order chi connectivity index (χ1) is 9.17. The Balaban J connectivity index is 2.21. The Morgan fingerprint density at radius 1 is 1.05 bits per heavy atom. The third-order valence-corrected chi connectivity index (χ3v) is 3.68. The minimum absolute atomic E-state index is 0.551. The molecule has 3 aromatic heterocycles. The van der Waals surface area contributed by atoms with Crippen LogP contribution < -0.4 is 5.32 Å². The van der Waals surface area contributed by atoms with E-state index in [2.05, 4.69) is 38.2 Å². The van der Waals surface area contributed by atoms with Crippen molar-refractivity contribution >= 4 is 27.4 Å². The van der Waals surface area contributed by atoms with E-state index in [1.165, 1.54) is 4.88 Å². The summed E-state index contributed by atoms with van der Waals surface area (Å²) in [5.41, 5.74) is 1.02. The molecule has 0 unspecified atom stereocenters. The molecular weight excluding hydrogens is 258 g/mol. The number of aryl methyl sites for hydroxylation is 2. The van der Waals surface area contributed by atoms with Crippen molar-refractivity contribution in [3.63, 3.8) is 0 Å². The number of nitrogens with one attached hydrogen (secondary N) is 1. The van der Waals surface area contributed by atoms with Gasteiger partial charge in [-0.1, -0.05) is 0 Å². The molecule has 0 aliphatic heterocycles. The van der Waals surface area contributed by atoms with Gasteiger partial charge in [0.2, 0.25) is 5.82 Å². The van der Waals surface area contributed by atoms with Crippen LogP contribution in [0.5, 0.6) is 0 Å². The molecule has 1 N–H and O–H groups in total. The molecule has 0 aliphatic carbocycles. The summed E-state index contributed by atoms with van der Waals surface area (Å²) >= 11 is 1.65. The second kappa shape index (κ2) is 4.55. The summed E-state index contributed by atoms with van der Waals surface area (Å²) in [5.74, 6) is 1.92. The largest absolute Gasteiger partial charge is 0.372 e. The van der Waals surface area contributed by atoms with E-state index >= 15 is 0 Å². The third-order valence-electron chi connectivity index (χ3n) is 2.73. The van der Waals surface area contributed by atoms with Crippen molar-refractivity contribution < 1.29 is 0 Å². The van der Waals surface area contributed by atoms with Crippen molar-refractivity contribution in [3.8, 4) is 11.6 Å². The highest BCUT2D eigenvalue weighted by Crippen LogP contribution is 2.29. The average Bonchev–Trinajstić information content (AvgIpc) is 2.78. The quantitative estimate of drug-likeness (QED) is 0.776. The Bertz CT molecular complexity index is 733. The first-order valence-electron chi connectivity index (χ1n) is 5.92. The van der Waals surface area contributed by atoms with E-state index in [1.54, 1.807) is 23.7 Å². The van der Waals surface area contributed by atoms with Gasteiger partial charge in [-0.3, -0.25) is 0 Å². The van der Waals surface area contributed by atoms with Gasteiger partial charge >= 0.3 is 0 Å². The first-order valence-corrected chi connectivity index (χ1v) is 6.74. The first kappa shape index (κ1) is 12.0. The monoisotopic (exact) mass is 271 g/mol. The number of fused-ring (bicyclic) bond motifs is 1. The van der Waals surface area contributed by atoms with Crippen LogP contribution in [-0.4, -0.2) is 27.0 Å². The molecule has 0 spiro atoms. The van der Waals surface area contributed by atoms with Gasteiger partial charge in [0.25, 0.3) is 0 Å². The van der Waals surface area contributed by atoms with Crippen LogP contribution >= 0.6 is 11.3 Å². The predicted octanol–water partition coefficient (Wildman–Crippen LogP) is 2.81. The van der Waals surface area contributed by atoms with E-state index in [0.29, 0.717) is 11.6 Å². The fourth-order valence-electron chi connectivity index (χ4n) is 1.84. The molecule has 6 heteroatoms. The van der Waals surface area contributed by atoms with Crippen molar-refractivity contribution in [2.75, 3.05) is 12.4 Å². The molecule has 0 bridgehead atoms. The number of hydrogen-bond donors (Lipinski definition) is 1. The van der Waals surface area contributed by atoms with Gasteiger partial charge in [-0.15, -0.1) is 11.3 Å². The van der Waals surface area contributed by atoms with E-state index in [0.717, 1.165) is 21.6 Å². The van der Waals surface area contributed by atoms with Crippen molar-refractivity contribution in [3.05, 3.63) is 28.9 Å². The summed E-state index contributed by atoms with van der Waals surface area (Å²) < 4.78 is 0. The Hall–Kier alpha value is -2.08. The smallest absolute Gasteiger partial charge is 0.201 e. The van der Waals surface area contributed by atoms with Crippen LogP contribution in [0.4, 0.5) is 5.82 Å². The van der Waals surface area contributed by atoms with Crippen LogP contribution in [0.3, 0.4) is 0 Å². The maximum Gasteiger partial charge on any atom is 0.201 e. The lowest BCUT2D eigenvalue weighted by atomic mass is 10.3. The molecule has 3 rings (SSSR count). The molecule has 3 aromatic rings. The molecule has 3 heterocycles. The molecule has 0 amide bonds. The van der Waals surface area contributed by atoms with Crippen LogP contribution in [0.15, 0.2) is 18.5 Å². The van der Waals surface area contributed by atoms with Crippen molar-refractivity contribution in [1.29, 1.82) is 0 Å². The topological polar surface area (TPSA) is 63.6 Å². The zero-order valence-electron chi connectivity index (χ0n) is 10.9. The van der Waals surface area contributed by atoms with Gasteiger partial charge < -0.3 is 5.32 Å². The van der Waals surface area contributed by atoms with Crippen LogP contribution in [0.2, 0.25) is 0 Å². The summed E-state index contributed by atoms with van der Waals surface area (Å²) in [7, 11) is 1.86. The standard InChI is InChI=1S/C13H13N5S/c1-7-5-15-11(16-6-7)12-17-10(14-3)9-4-8(2)19-13(9)18-12/h4-6H,1-3H3,(H,14,17,18). The lowest BCUT2D eigenvalue weighted by Crippen LogP contribution is -1.99. The van der Waals surface area contributed by atoms with Gasteiger partial charge in [-0.2, -0.15) is 0 Å². The number of thiophene rings is 1. The minimum Gasteiger partial charge on any atom is -0.372 e. The van der Waals surface area contributed by atoms with Gasteiger partial charge in [-0.05, 0) is 25.5 Å². The molecule has 5 nitrogen and oxygen atoms in total. The minimum atomic E-state index is 0.551. The van der Waals surface area contributed by atoms with Gasteiger partial charge in [0, 0.05) is 24.3 Å². The number of anilines is 1. The summed E-state index contributed by atoms with van der Waals surface area (Å²) in [6.07, 6.45) is 3.54. The Morgan fingerprint density at radius 3 is 2.47 bits per heavy atom. The second-order valence-corrected chi connectivity index (χ2v) is 5.54. The van der Waals surface area contributed by atoms with E-state index in [1.807, 2.05) is 14.0 Å². The Kier molecular flexibility index (Phi) is 2.87. The molecule has 0 aliphatic rings. The van der Waals surface area contributed by atoms with Crippen molar-refractivity contribution in [2.24, 2.45) is 0 Å². The van der Waals surface area contributed by atoms with Crippen LogP contribution in [0.25, 0.3) is 21.9 Å². The summed E-state index contributed by atoms with van der Waals surface area (Å²) in [6.45, 7) is 4.02. The van der Waals surface area contributed by atoms with Crippen LogP contribution in [0, 0.1) is 13.8 Å². The lowest BCUT2D eigenvalue weighted by Gasteiger charge is -2.04. The maximum absolute atomic E-state index is 4.55. The van der Waals surface area contributed by atoms with Gasteiger partial charge in [0.05, 0.1) is 5.39 Å². The third kappa shape index (κ3) is 2.15. The molecule has 19 heavy (non-hydrogen) atoms. The summed E-state index contributed by atoms with van der Waals surface area (Å²) in [6, 6.07) is 2.09. The molecule has 0 fully saturated rings. The highest BCUT2D eigenvalue weighted by molar-refractivity contribution is 7.18. The number of rotatable bonds is 2. The van der Waals surface area contributed by atoms with E-state index in [9.17, 15) is 0 Å². The molecule has 96 valence electrons. The second-order valence-electron chi connectivity index (χ2n) is 4.31. The normalized spacial score (nSPS) is 10.9. The fourth-order valence-corrected chi connectivity index (χ4v) is 2.72. The summed E-state index contributed by atoms with van der Waals surface area (Å²) in [4.78, 5) is 19.8. The highest BCUT2D eigenvalue weighted by atomic mass is 32.1. The zero-order valence-corrected chi connectivity index (χ0v) is 11.7. The number of hydrogen-bond acceptors (Lipinski definition) is 6. The van der Waals surface area contributed by atoms with Crippen molar-refractivity contribution in [1.82, 2.24) is 19.9 Å². The molecule has 0 saturated carbocycles. The zero-order chi connectivity index (χ0) is 13.4. The highest BCUT2D eigenvalue weighted by Gasteiger charge is 2.12. The van der Waals surface area contributed by atoms with E-state index < -0.39 is 0 Å². The van der Waals surface area contributed by atoms with Gasteiger partial charge in [0.1, 0.15) is 10.6 Å². The molecular formula is C13H13N5S. The fraction of sp³-hybridized carbons (Fsp3) is 0.231. The van der Waals surface area contributed by atoms with Gasteiger partial charge in [-0.25, -0.2) is 19.9 Å². The lowest BCUT2D eigenvalue weighted by molar-refractivity contribution is 1.08. The molecule has 0 saturated heterocycles. The van der Waals surface area contributed by atoms with Gasteiger partial charge in [0.15, 0.2) is 5.82 Å². The van der Waals surface area contributed by atoms with Crippen LogP contribution in [-0.2, 0) is 0 Å². The van der Waals surface area contributed by atoms with E-state index in [-0.39, 0.29) is 0 Å². The Labute approximate surface area is 114 Å². The Morgan fingerprint density at radius 2 is 1.79 bits per heavy atom. The predicted molar refractivity (Wildman–Crippen MR) is 77.5 cm³/mol. The molecule has 0 atom stereocenters. The molecule has 0 aromatic carbocycles. The average molecular weight is 271 g/mol. The molecule has 0 radical (unpaired) electrons. The van der Waals surface area contributed by atoms with E-state index in [4.69, 9.17) is 0 Å². The number of aromatic nitrogens is 4. The maximum atomic E-state index is 4.55. The van der Waals surface area contributed by atoms with Crippen LogP contribution in [0.1, 0.15) is 10.4 Å². The van der Waals surface area contributed by atoms with Crippen molar-refractivity contribution in [2.45, 2.75) is 13.8 Å². The number of nitrogens with zero attached hydrogens (tertiary/aromatic N) is 4. The summed E-state index contributed by atoms with van der Waals surface area (Å²) in [5, 5.41) is 4.15.